The van der Waals surface area contributed by atoms with Crippen LogP contribution >= 0.6 is 0 Å². The Kier molecular flexibility index (Phi) is 4.50. The molecule has 2 rings (SSSR count). The van der Waals surface area contributed by atoms with Crippen molar-refractivity contribution in [3.05, 3.63) is 0 Å². The van der Waals surface area contributed by atoms with Gasteiger partial charge in [-0.05, 0) is 43.4 Å². The van der Waals surface area contributed by atoms with E-state index in [1.807, 2.05) is 0 Å². The van der Waals surface area contributed by atoms with E-state index in [9.17, 15) is 43.2 Å². The first kappa shape index (κ1) is 18.8. The van der Waals surface area contributed by atoms with Gasteiger partial charge >= 0.3 is 11.0 Å². The van der Waals surface area contributed by atoms with Crippen LogP contribution in [0.3, 0.4) is 0 Å². The predicted molar refractivity (Wildman–Crippen MR) is 67.3 cm³/mol. The highest BCUT2D eigenvalue weighted by atomic mass is 32.3. The van der Waals surface area contributed by atoms with E-state index in [1.165, 1.54) is 0 Å². The number of sulfone groups is 2. The van der Waals surface area contributed by atoms with E-state index in [0.29, 0.717) is 12.8 Å². The summed E-state index contributed by atoms with van der Waals surface area (Å²) in [6.07, 6.45) is 1.05. The van der Waals surface area contributed by atoms with Crippen molar-refractivity contribution in [3.8, 4) is 0 Å². The predicted octanol–water partition coefficient (Wildman–Crippen LogP) is 3.01. The zero-order chi connectivity index (χ0) is 17.8. The van der Waals surface area contributed by atoms with Gasteiger partial charge in [-0.15, -0.1) is 0 Å². The molecule has 0 saturated heterocycles. The Bertz CT molecular complexity index is 620. The summed E-state index contributed by atoms with van der Waals surface area (Å²) in [5.41, 5.74) is -12.1. The molecule has 0 aromatic carbocycles. The van der Waals surface area contributed by atoms with Crippen LogP contribution in [0.5, 0.6) is 0 Å². The number of hydrogen-bond acceptors (Lipinski definition) is 4. The second-order valence-corrected chi connectivity index (χ2v) is 10.6. The molecule has 4 nitrogen and oxygen atoms in total. The molecule has 0 heterocycles. The fraction of sp³-hybridized carbons (Fsp3) is 1.00. The first-order chi connectivity index (χ1) is 10.2. The average Bonchev–Trinajstić information content (AvgIpc) is 2.94. The van der Waals surface area contributed by atoms with E-state index in [2.05, 4.69) is 0 Å². The largest absolute Gasteiger partial charge is 0.498 e. The highest BCUT2D eigenvalue weighted by molar-refractivity contribution is 8.09. The SMILES string of the molecule is O=S(=O)(C(CC1CC2CCC1C2)S(=O)(=O)C(F)(F)F)C(F)(F)F. The van der Waals surface area contributed by atoms with Crippen LogP contribution in [0.25, 0.3) is 0 Å². The van der Waals surface area contributed by atoms with Gasteiger partial charge in [-0.1, -0.05) is 6.42 Å². The van der Waals surface area contributed by atoms with Crippen LogP contribution in [0.4, 0.5) is 26.3 Å². The monoisotopic (exact) mass is 388 g/mol. The van der Waals surface area contributed by atoms with Gasteiger partial charge in [0.15, 0.2) is 4.58 Å². The van der Waals surface area contributed by atoms with Gasteiger partial charge in [0.1, 0.15) is 0 Å². The molecule has 2 saturated carbocycles. The van der Waals surface area contributed by atoms with Crippen LogP contribution in [0.15, 0.2) is 0 Å². The maximum Gasteiger partial charge on any atom is 0.498 e. The van der Waals surface area contributed by atoms with Crippen LogP contribution in [0.2, 0.25) is 0 Å². The van der Waals surface area contributed by atoms with E-state index in [-0.39, 0.29) is 18.3 Å². The molecule has 0 N–H and O–H groups in total. The van der Waals surface area contributed by atoms with Crippen molar-refractivity contribution >= 4 is 19.7 Å². The van der Waals surface area contributed by atoms with Gasteiger partial charge in [0.05, 0.1) is 0 Å². The van der Waals surface area contributed by atoms with E-state index in [4.69, 9.17) is 0 Å². The summed E-state index contributed by atoms with van der Waals surface area (Å²) in [4.78, 5) is 0. The van der Waals surface area contributed by atoms with E-state index >= 15 is 0 Å². The van der Waals surface area contributed by atoms with Gasteiger partial charge in [-0.25, -0.2) is 16.8 Å². The van der Waals surface area contributed by atoms with E-state index in [0.717, 1.165) is 6.42 Å². The third kappa shape index (κ3) is 3.20. The van der Waals surface area contributed by atoms with Crippen molar-refractivity contribution in [2.75, 3.05) is 0 Å². The molecular weight excluding hydrogens is 374 g/mol. The third-order valence-electron chi connectivity index (χ3n) is 4.72. The minimum Gasteiger partial charge on any atom is -0.218 e. The Morgan fingerprint density at radius 2 is 1.30 bits per heavy atom. The molecule has 2 bridgehead atoms. The molecule has 0 radical (unpaired) electrons. The number of hydrogen-bond donors (Lipinski definition) is 0. The normalized spacial score (nSPS) is 29.4. The third-order valence-corrected chi connectivity index (χ3v) is 9.30. The number of rotatable bonds is 4. The molecule has 3 unspecified atom stereocenters. The summed E-state index contributed by atoms with van der Waals surface area (Å²) in [7, 11) is -13.0. The smallest absolute Gasteiger partial charge is 0.218 e. The van der Waals surface area contributed by atoms with E-state index in [1.54, 1.807) is 0 Å². The molecule has 0 aliphatic heterocycles. The topological polar surface area (TPSA) is 68.3 Å². The van der Waals surface area contributed by atoms with Crippen LogP contribution in [-0.2, 0) is 19.7 Å². The first-order valence-electron chi connectivity index (χ1n) is 6.78. The molecule has 0 aromatic heterocycles. The molecule has 0 aromatic rings. The molecule has 136 valence electrons. The Morgan fingerprint density at radius 3 is 1.61 bits per heavy atom. The second-order valence-electron chi connectivity index (χ2n) is 6.08. The zero-order valence-corrected chi connectivity index (χ0v) is 13.2. The zero-order valence-electron chi connectivity index (χ0n) is 11.6. The molecule has 2 aliphatic carbocycles. The highest BCUT2D eigenvalue weighted by Gasteiger charge is 2.63. The van der Waals surface area contributed by atoms with Gasteiger partial charge in [0, 0.05) is 0 Å². The number of fused-ring (bicyclic) bond motifs is 2. The van der Waals surface area contributed by atoms with Crippen LogP contribution in [0, 0.1) is 17.8 Å². The first-order valence-corrected chi connectivity index (χ1v) is 9.87. The lowest BCUT2D eigenvalue weighted by molar-refractivity contribution is -0.0475. The maximum absolute atomic E-state index is 12.6. The van der Waals surface area contributed by atoms with Gasteiger partial charge in [-0.2, -0.15) is 26.3 Å². The molecule has 2 fully saturated rings. The lowest BCUT2D eigenvalue weighted by atomic mass is 9.87. The molecule has 0 amide bonds. The van der Waals surface area contributed by atoms with Crippen LogP contribution in [-0.4, -0.2) is 32.4 Å². The van der Waals surface area contributed by atoms with Crippen molar-refractivity contribution < 1.29 is 43.2 Å². The van der Waals surface area contributed by atoms with Crippen molar-refractivity contribution in [2.24, 2.45) is 17.8 Å². The lowest BCUT2D eigenvalue weighted by Crippen LogP contribution is -2.46. The molecule has 3 atom stereocenters. The van der Waals surface area contributed by atoms with Crippen molar-refractivity contribution in [1.82, 2.24) is 0 Å². The summed E-state index contributed by atoms with van der Waals surface area (Å²) in [6.45, 7) is 0. The lowest BCUT2D eigenvalue weighted by Gasteiger charge is -2.27. The van der Waals surface area contributed by atoms with E-state index < -0.39 is 47.6 Å². The number of halogens is 6. The maximum atomic E-state index is 12.6. The van der Waals surface area contributed by atoms with Crippen molar-refractivity contribution in [3.63, 3.8) is 0 Å². The Labute approximate surface area is 129 Å². The summed E-state index contributed by atoms with van der Waals surface area (Å²) in [5.74, 6) is -0.852. The molecule has 0 spiro atoms. The fourth-order valence-electron chi connectivity index (χ4n) is 3.63. The Hall–Kier alpha value is -0.520. The van der Waals surface area contributed by atoms with Crippen LogP contribution in [0.1, 0.15) is 32.1 Å². The Morgan fingerprint density at radius 1 is 0.826 bits per heavy atom. The van der Waals surface area contributed by atoms with Crippen molar-refractivity contribution in [1.29, 1.82) is 0 Å². The molecule has 12 heteroatoms. The summed E-state index contributed by atoms with van der Waals surface area (Å²) >= 11 is 0. The minimum atomic E-state index is -6.49. The minimum absolute atomic E-state index is 0.118. The van der Waals surface area contributed by atoms with Gasteiger partial charge in [-0.3, -0.25) is 0 Å². The van der Waals surface area contributed by atoms with Gasteiger partial charge in [0.25, 0.3) is 19.7 Å². The van der Waals surface area contributed by atoms with Crippen LogP contribution < -0.4 is 0 Å². The highest BCUT2D eigenvalue weighted by Crippen LogP contribution is 2.51. The van der Waals surface area contributed by atoms with Gasteiger partial charge in [0.2, 0.25) is 0 Å². The van der Waals surface area contributed by atoms with Crippen molar-refractivity contribution in [2.45, 2.75) is 47.7 Å². The number of alkyl halides is 6. The average molecular weight is 388 g/mol. The second kappa shape index (κ2) is 5.50. The fourth-order valence-corrected chi connectivity index (χ4v) is 7.22. The molecule has 23 heavy (non-hydrogen) atoms. The summed E-state index contributed by atoms with van der Waals surface area (Å²) in [5, 5.41) is 0. The quantitative estimate of drug-likeness (QED) is 0.695. The standard InChI is InChI=1S/C11H14F6O4S2/c12-10(13,14)22(18,19)9(23(20,21)11(15,16)17)5-8-4-6-1-2-7(8)3-6/h6-9H,1-5H2. The van der Waals surface area contributed by atoms with Gasteiger partial charge < -0.3 is 0 Å². The summed E-state index contributed by atoms with van der Waals surface area (Å²) in [6, 6.07) is 0. The summed E-state index contributed by atoms with van der Waals surface area (Å²) < 4.78 is 118. The Balaban J connectivity index is 2.41. The molecular formula is C11H14F6O4S2. The molecule has 2 aliphatic rings.